The molecule has 2 aliphatic carbocycles. The number of likely N-dealkylation sites (N-methyl/N-ethyl adjacent to an activating group) is 1. The molecule has 1 N–H and O–H groups in total. The van der Waals surface area contributed by atoms with Crippen LogP contribution in [0.25, 0.3) is 0 Å². The van der Waals surface area contributed by atoms with Crippen LogP contribution in [0.15, 0.2) is 0 Å². The number of nitrogens with zero attached hydrogens (tertiary/aromatic N) is 1. The predicted octanol–water partition coefficient (Wildman–Crippen LogP) is 1.49. The zero-order valence-corrected chi connectivity index (χ0v) is 11.0. The van der Waals surface area contributed by atoms with E-state index in [9.17, 15) is 4.79 Å². The minimum absolute atomic E-state index is 0.126. The average Bonchev–Trinajstić information content (AvgIpc) is 2.72. The Morgan fingerprint density at radius 3 is 2.88 bits per heavy atom. The molecule has 0 radical (unpaired) electrons. The first-order valence-corrected chi connectivity index (χ1v) is 7.15. The SMILES string of the molecule is CC1CC1CN(C)C(=O)C1NCC2CCCC21. The van der Waals surface area contributed by atoms with Gasteiger partial charge in [-0.05, 0) is 49.5 Å². The van der Waals surface area contributed by atoms with Crippen LogP contribution in [0, 0.1) is 23.7 Å². The highest BCUT2D eigenvalue weighted by Crippen LogP contribution is 2.40. The molecule has 5 atom stereocenters. The van der Waals surface area contributed by atoms with E-state index in [1.54, 1.807) is 0 Å². The Morgan fingerprint density at radius 2 is 2.18 bits per heavy atom. The lowest BCUT2D eigenvalue weighted by Gasteiger charge is -2.24. The molecule has 3 rings (SSSR count). The molecule has 1 amide bonds. The Bertz CT molecular complexity index is 317. The van der Waals surface area contributed by atoms with Crippen molar-refractivity contribution < 1.29 is 4.79 Å². The van der Waals surface area contributed by atoms with Crippen molar-refractivity contribution in [1.29, 1.82) is 0 Å². The van der Waals surface area contributed by atoms with E-state index < -0.39 is 0 Å². The van der Waals surface area contributed by atoms with E-state index in [2.05, 4.69) is 12.2 Å². The van der Waals surface area contributed by atoms with Crippen LogP contribution in [-0.2, 0) is 4.79 Å². The maximum absolute atomic E-state index is 12.4. The first-order valence-electron chi connectivity index (χ1n) is 7.15. The van der Waals surface area contributed by atoms with Crippen LogP contribution < -0.4 is 5.32 Å². The summed E-state index contributed by atoms with van der Waals surface area (Å²) in [6, 6.07) is 0.126. The maximum atomic E-state index is 12.4. The average molecular weight is 236 g/mol. The molecule has 1 heterocycles. The molecular formula is C14H24N2O. The van der Waals surface area contributed by atoms with Crippen molar-refractivity contribution in [2.24, 2.45) is 23.7 Å². The van der Waals surface area contributed by atoms with Gasteiger partial charge >= 0.3 is 0 Å². The molecule has 1 saturated heterocycles. The lowest BCUT2D eigenvalue weighted by molar-refractivity contribution is -0.133. The number of rotatable bonds is 3. The van der Waals surface area contributed by atoms with Crippen LogP contribution in [0.3, 0.4) is 0 Å². The fourth-order valence-corrected chi connectivity index (χ4v) is 3.79. The molecule has 0 aromatic carbocycles. The molecule has 0 spiro atoms. The number of carbonyl (C=O) groups excluding carboxylic acids is 1. The standard InChI is InChI=1S/C14H24N2O/c1-9-6-11(9)8-16(2)14(17)13-12-5-3-4-10(12)7-15-13/h9-13,15H,3-8H2,1-2H3. The second kappa shape index (κ2) is 4.27. The number of fused-ring (bicyclic) bond motifs is 1. The molecule has 3 fully saturated rings. The summed E-state index contributed by atoms with van der Waals surface area (Å²) >= 11 is 0. The molecule has 3 nitrogen and oxygen atoms in total. The Kier molecular flexibility index (Phi) is 2.89. The van der Waals surface area contributed by atoms with Crippen LogP contribution >= 0.6 is 0 Å². The van der Waals surface area contributed by atoms with E-state index in [1.807, 2.05) is 11.9 Å². The largest absolute Gasteiger partial charge is 0.344 e. The van der Waals surface area contributed by atoms with Crippen LogP contribution in [0.1, 0.15) is 32.6 Å². The Balaban J connectivity index is 1.57. The van der Waals surface area contributed by atoms with Gasteiger partial charge in [-0.15, -0.1) is 0 Å². The van der Waals surface area contributed by atoms with Crippen molar-refractivity contribution in [3.05, 3.63) is 0 Å². The van der Waals surface area contributed by atoms with Gasteiger partial charge in [0.25, 0.3) is 0 Å². The van der Waals surface area contributed by atoms with Crippen LogP contribution in [0.5, 0.6) is 0 Å². The highest BCUT2D eigenvalue weighted by molar-refractivity contribution is 5.82. The van der Waals surface area contributed by atoms with Gasteiger partial charge in [-0.3, -0.25) is 4.79 Å². The predicted molar refractivity (Wildman–Crippen MR) is 67.5 cm³/mol. The number of hydrogen-bond donors (Lipinski definition) is 1. The summed E-state index contributed by atoms with van der Waals surface area (Å²) in [6.07, 6.45) is 5.21. The van der Waals surface area contributed by atoms with Gasteiger partial charge in [-0.25, -0.2) is 0 Å². The van der Waals surface area contributed by atoms with E-state index in [4.69, 9.17) is 0 Å². The summed E-state index contributed by atoms with van der Waals surface area (Å²) in [5.74, 6) is 3.35. The Hall–Kier alpha value is -0.570. The molecule has 0 aromatic rings. The topological polar surface area (TPSA) is 32.3 Å². The molecular weight excluding hydrogens is 212 g/mol. The van der Waals surface area contributed by atoms with Gasteiger partial charge in [0.05, 0.1) is 6.04 Å². The van der Waals surface area contributed by atoms with E-state index in [0.29, 0.717) is 11.8 Å². The highest BCUT2D eigenvalue weighted by Gasteiger charge is 2.44. The van der Waals surface area contributed by atoms with Crippen LogP contribution in [0.2, 0.25) is 0 Å². The third kappa shape index (κ3) is 2.10. The van der Waals surface area contributed by atoms with Crippen molar-refractivity contribution in [3.8, 4) is 0 Å². The monoisotopic (exact) mass is 236 g/mol. The van der Waals surface area contributed by atoms with Crippen LogP contribution in [0.4, 0.5) is 0 Å². The lowest BCUT2D eigenvalue weighted by atomic mass is 9.93. The van der Waals surface area contributed by atoms with Crippen molar-refractivity contribution >= 4 is 5.91 Å². The molecule has 17 heavy (non-hydrogen) atoms. The number of amides is 1. The van der Waals surface area contributed by atoms with E-state index in [1.165, 1.54) is 25.7 Å². The van der Waals surface area contributed by atoms with E-state index >= 15 is 0 Å². The minimum Gasteiger partial charge on any atom is -0.344 e. The maximum Gasteiger partial charge on any atom is 0.239 e. The molecule has 5 unspecified atom stereocenters. The fraction of sp³-hybridized carbons (Fsp3) is 0.929. The van der Waals surface area contributed by atoms with Crippen molar-refractivity contribution in [2.75, 3.05) is 20.1 Å². The van der Waals surface area contributed by atoms with Crippen molar-refractivity contribution in [2.45, 2.75) is 38.6 Å². The first-order chi connectivity index (χ1) is 8.16. The number of hydrogen-bond acceptors (Lipinski definition) is 2. The number of nitrogens with one attached hydrogen (secondary N) is 1. The van der Waals surface area contributed by atoms with Crippen molar-refractivity contribution in [3.63, 3.8) is 0 Å². The molecule has 0 aromatic heterocycles. The molecule has 3 heteroatoms. The summed E-state index contributed by atoms with van der Waals surface area (Å²) in [5.41, 5.74) is 0. The second-order valence-corrected chi connectivity index (χ2v) is 6.43. The molecule has 0 bridgehead atoms. The van der Waals surface area contributed by atoms with Gasteiger partial charge in [0.1, 0.15) is 0 Å². The molecule has 96 valence electrons. The van der Waals surface area contributed by atoms with Crippen molar-refractivity contribution in [1.82, 2.24) is 10.2 Å². The Morgan fingerprint density at radius 1 is 1.41 bits per heavy atom. The van der Waals surface area contributed by atoms with Gasteiger partial charge < -0.3 is 10.2 Å². The fourth-order valence-electron chi connectivity index (χ4n) is 3.79. The van der Waals surface area contributed by atoms with Gasteiger partial charge in [0, 0.05) is 13.6 Å². The molecule has 2 saturated carbocycles. The minimum atomic E-state index is 0.126. The van der Waals surface area contributed by atoms with Gasteiger partial charge in [-0.1, -0.05) is 13.3 Å². The summed E-state index contributed by atoms with van der Waals surface area (Å²) in [6.45, 7) is 4.31. The quantitative estimate of drug-likeness (QED) is 0.805. The zero-order chi connectivity index (χ0) is 12.0. The molecule has 3 aliphatic rings. The first kappa shape index (κ1) is 11.5. The Labute approximate surface area is 104 Å². The normalized spacial score (nSPS) is 43.5. The van der Waals surface area contributed by atoms with Gasteiger partial charge in [0.15, 0.2) is 0 Å². The van der Waals surface area contributed by atoms with Crippen LogP contribution in [-0.4, -0.2) is 37.0 Å². The summed E-state index contributed by atoms with van der Waals surface area (Å²) in [5, 5.41) is 3.45. The van der Waals surface area contributed by atoms with Gasteiger partial charge in [0.2, 0.25) is 5.91 Å². The third-order valence-corrected chi connectivity index (χ3v) is 5.17. The zero-order valence-electron chi connectivity index (χ0n) is 11.0. The highest BCUT2D eigenvalue weighted by atomic mass is 16.2. The van der Waals surface area contributed by atoms with E-state index in [-0.39, 0.29) is 6.04 Å². The summed E-state index contributed by atoms with van der Waals surface area (Å²) < 4.78 is 0. The summed E-state index contributed by atoms with van der Waals surface area (Å²) in [7, 11) is 1.98. The second-order valence-electron chi connectivity index (χ2n) is 6.43. The number of carbonyl (C=O) groups is 1. The summed E-state index contributed by atoms with van der Waals surface area (Å²) in [4.78, 5) is 14.4. The smallest absolute Gasteiger partial charge is 0.239 e. The lowest BCUT2D eigenvalue weighted by Crippen LogP contribution is -2.45. The third-order valence-electron chi connectivity index (χ3n) is 5.17. The van der Waals surface area contributed by atoms with E-state index in [0.717, 1.165) is 30.8 Å². The molecule has 1 aliphatic heterocycles. The van der Waals surface area contributed by atoms with Gasteiger partial charge in [-0.2, -0.15) is 0 Å².